The summed E-state index contributed by atoms with van der Waals surface area (Å²) in [5.74, 6) is 0. The van der Waals surface area contributed by atoms with Gasteiger partial charge in [0, 0.05) is 43.4 Å². The van der Waals surface area contributed by atoms with E-state index in [9.17, 15) is 5.11 Å². The molecule has 3 aliphatic heterocycles. The molecule has 3 aliphatic rings. The zero-order chi connectivity index (χ0) is 20.8. The van der Waals surface area contributed by atoms with Gasteiger partial charge in [0.1, 0.15) is 5.60 Å². The van der Waals surface area contributed by atoms with Crippen LogP contribution in [0.5, 0.6) is 0 Å². The van der Waals surface area contributed by atoms with Gasteiger partial charge in [-0.3, -0.25) is 4.90 Å². The first-order valence-corrected chi connectivity index (χ1v) is 11.2. The van der Waals surface area contributed by atoms with E-state index in [1.807, 2.05) is 12.3 Å². The number of hydrogen-bond donors (Lipinski definition) is 1. The lowest BCUT2D eigenvalue weighted by atomic mass is 9.77. The van der Waals surface area contributed by atoms with Crippen LogP contribution in [0.25, 0.3) is 0 Å². The molecular formula is C22H29ClN4O3. The van der Waals surface area contributed by atoms with Gasteiger partial charge in [-0.25, -0.2) is 4.68 Å². The first-order valence-electron chi connectivity index (χ1n) is 10.8. The molecule has 1 N–H and O–H groups in total. The zero-order valence-corrected chi connectivity index (χ0v) is 18.1. The summed E-state index contributed by atoms with van der Waals surface area (Å²) in [7, 11) is 0. The van der Waals surface area contributed by atoms with Crippen molar-refractivity contribution < 1.29 is 14.6 Å². The van der Waals surface area contributed by atoms with Crippen molar-refractivity contribution in [3.05, 3.63) is 46.2 Å². The number of ether oxygens (including phenoxy) is 2. The van der Waals surface area contributed by atoms with Gasteiger partial charge < -0.3 is 14.6 Å². The van der Waals surface area contributed by atoms with E-state index < -0.39 is 5.60 Å². The van der Waals surface area contributed by atoms with E-state index in [0.717, 1.165) is 49.7 Å². The highest BCUT2D eigenvalue weighted by Gasteiger charge is 2.43. The van der Waals surface area contributed by atoms with Crippen LogP contribution in [0.15, 0.2) is 24.4 Å². The molecule has 1 spiro atoms. The van der Waals surface area contributed by atoms with Crippen LogP contribution in [0.1, 0.15) is 43.0 Å². The summed E-state index contributed by atoms with van der Waals surface area (Å²) in [4.78, 5) is 2.44. The minimum absolute atomic E-state index is 0.238. The lowest BCUT2D eigenvalue weighted by Gasteiger charge is -2.48. The molecule has 4 heterocycles. The van der Waals surface area contributed by atoms with Gasteiger partial charge in [-0.2, -0.15) is 0 Å². The Kier molecular flexibility index (Phi) is 5.35. The molecule has 0 radical (unpaired) electrons. The van der Waals surface area contributed by atoms with Crippen molar-refractivity contribution in [3.63, 3.8) is 0 Å². The van der Waals surface area contributed by atoms with Crippen LogP contribution < -0.4 is 0 Å². The van der Waals surface area contributed by atoms with Crippen molar-refractivity contribution in [2.45, 2.75) is 62.9 Å². The first kappa shape index (κ1) is 20.4. The summed E-state index contributed by atoms with van der Waals surface area (Å²) >= 11 is 6.32. The summed E-state index contributed by atoms with van der Waals surface area (Å²) in [5.41, 5.74) is 2.49. The maximum atomic E-state index is 10.5. The fraction of sp³-hybridized carbons (Fsp3) is 0.636. The predicted molar refractivity (Wildman–Crippen MR) is 112 cm³/mol. The molecule has 7 nitrogen and oxygen atoms in total. The first-order chi connectivity index (χ1) is 14.4. The number of likely N-dealkylation sites (tertiary alicyclic amines) is 1. The highest BCUT2D eigenvalue weighted by molar-refractivity contribution is 6.30. The second-order valence-electron chi connectivity index (χ2n) is 9.10. The Hall–Kier alpha value is -1.51. The fourth-order valence-electron chi connectivity index (χ4n) is 5.21. The molecule has 30 heavy (non-hydrogen) atoms. The Morgan fingerprint density at radius 3 is 3.00 bits per heavy atom. The van der Waals surface area contributed by atoms with Gasteiger partial charge in [0.25, 0.3) is 0 Å². The van der Waals surface area contributed by atoms with Crippen LogP contribution >= 0.6 is 11.6 Å². The van der Waals surface area contributed by atoms with E-state index in [-0.39, 0.29) is 5.60 Å². The SMILES string of the molecule is C[C@H]1CC2(CCN1Cc1cn(CC3(O)CCOC3)nn1)OCCc1ccc(Cl)cc12. The third-order valence-corrected chi connectivity index (χ3v) is 7.09. The van der Waals surface area contributed by atoms with E-state index in [1.54, 1.807) is 4.68 Å². The highest BCUT2D eigenvalue weighted by atomic mass is 35.5. The van der Waals surface area contributed by atoms with Crippen molar-refractivity contribution in [3.8, 4) is 0 Å². The molecule has 5 rings (SSSR count). The molecule has 2 saturated heterocycles. The van der Waals surface area contributed by atoms with Crippen molar-refractivity contribution in [2.24, 2.45) is 0 Å². The fourth-order valence-corrected chi connectivity index (χ4v) is 5.38. The van der Waals surface area contributed by atoms with Crippen molar-refractivity contribution >= 4 is 11.6 Å². The Balaban J connectivity index is 1.26. The summed E-state index contributed by atoms with van der Waals surface area (Å²) in [5, 5.41) is 19.9. The number of benzene rings is 1. The molecule has 2 aromatic rings. The number of rotatable bonds is 4. The third kappa shape index (κ3) is 3.89. The second-order valence-corrected chi connectivity index (χ2v) is 9.54. The second kappa shape index (κ2) is 7.88. The van der Waals surface area contributed by atoms with Crippen molar-refractivity contribution in [2.75, 3.05) is 26.4 Å². The molecule has 2 fully saturated rings. The maximum absolute atomic E-state index is 10.5. The van der Waals surface area contributed by atoms with E-state index >= 15 is 0 Å². The standard InChI is InChI=1S/C22H29ClN4O3/c1-16-11-22(20-10-18(23)3-2-17(20)4-8-30-22)5-7-26(16)12-19-13-27(25-24-19)14-21(28)6-9-29-15-21/h2-3,10,13,16,28H,4-9,11-12,14-15H2,1H3/t16-,21?,22?/m0/s1. The monoisotopic (exact) mass is 432 g/mol. The quantitative estimate of drug-likeness (QED) is 0.800. The average molecular weight is 433 g/mol. The molecule has 3 atom stereocenters. The molecule has 162 valence electrons. The van der Waals surface area contributed by atoms with Crippen LogP contribution in [0.3, 0.4) is 0 Å². The average Bonchev–Trinajstić information content (AvgIpc) is 3.34. The van der Waals surface area contributed by atoms with Gasteiger partial charge in [-0.1, -0.05) is 22.9 Å². The molecule has 0 aliphatic carbocycles. The van der Waals surface area contributed by atoms with Crippen LogP contribution in [0.2, 0.25) is 5.02 Å². The summed E-state index contributed by atoms with van der Waals surface area (Å²) in [6, 6.07) is 6.58. The Bertz CT molecular complexity index is 914. The predicted octanol–water partition coefficient (Wildman–Crippen LogP) is 2.54. The molecule has 8 heteroatoms. The third-order valence-electron chi connectivity index (χ3n) is 6.85. The number of halogens is 1. The molecule has 0 amide bonds. The largest absolute Gasteiger partial charge is 0.385 e. The Morgan fingerprint density at radius 1 is 1.30 bits per heavy atom. The van der Waals surface area contributed by atoms with Crippen LogP contribution in [-0.4, -0.2) is 63.0 Å². The number of nitrogens with zero attached hydrogens (tertiary/aromatic N) is 4. The minimum atomic E-state index is -0.831. The van der Waals surface area contributed by atoms with E-state index in [2.05, 4.69) is 34.3 Å². The number of aromatic nitrogens is 3. The zero-order valence-electron chi connectivity index (χ0n) is 17.4. The smallest absolute Gasteiger partial charge is 0.110 e. The van der Waals surface area contributed by atoms with Gasteiger partial charge in [0.2, 0.25) is 0 Å². The van der Waals surface area contributed by atoms with E-state index in [0.29, 0.717) is 32.2 Å². The van der Waals surface area contributed by atoms with Gasteiger partial charge in [-0.05, 0) is 49.4 Å². The summed E-state index contributed by atoms with van der Waals surface area (Å²) < 4.78 is 13.4. The van der Waals surface area contributed by atoms with E-state index in [1.165, 1.54) is 11.1 Å². The molecule has 1 aromatic carbocycles. The van der Waals surface area contributed by atoms with Crippen molar-refractivity contribution in [1.82, 2.24) is 19.9 Å². The molecule has 0 saturated carbocycles. The van der Waals surface area contributed by atoms with Crippen LogP contribution in [0, 0.1) is 0 Å². The van der Waals surface area contributed by atoms with E-state index in [4.69, 9.17) is 21.1 Å². The number of aliphatic hydroxyl groups is 1. The van der Waals surface area contributed by atoms with Gasteiger partial charge in [-0.15, -0.1) is 5.10 Å². The molecular weight excluding hydrogens is 404 g/mol. The van der Waals surface area contributed by atoms with Gasteiger partial charge >= 0.3 is 0 Å². The minimum Gasteiger partial charge on any atom is -0.385 e. The van der Waals surface area contributed by atoms with Crippen molar-refractivity contribution in [1.29, 1.82) is 0 Å². The lowest BCUT2D eigenvalue weighted by molar-refractivity contribution is -0.113. The Labute approximate surface area is 181 Å². The van der Waals surface area contributed by atoms with Gasteiger partial charge in [0.05, 0.1) is 31.1 Å². The van der Waals surface area contributed by atoms with Gasteiger partial charge in [0.15, 0.2) is 0 Å². The Morgan fingerprint density at radius 2 is 2.20 bits per heavy atom. The number of hydrogen-bond acceptors (Lipinski definition) is 6. The lowest BCUT2D eigenvalue weighted by Crippen LogP contribution is -2.50. The molecule has 0 bridgehead atoms. The number of piperidine rings is 1. The summed E-state index contributed by atoms with van der Waals surface area (Å²) in [6.07, 6.45) is 5.41. The molecule has 1 aromatic heterocycles. The normalized spacial score (nSPS) is 31.9. The highest BCUT2D eigenvalue weighted by Crippen LogP contribution is 2.44. The topological polar surface area (TPSA) is 72.6 Å². The maximum Gasteiger partial charge on any atom is 0.110 e. The summed E-state index contributed by atoms with van der Waals surface area (Å²) in [6.45, 7) is 6.07. The molecule has 2 unspecified atom stereocenters. The number of fused-ring (bicyclic) bond motifs is 2. The van der Waals surface area contributed by atoms with Crippen LogP contribution in [0.4, 0.5) is 0 Å². The van der Waals surface area contributed by atoms with Crippen LogP contribution in [-0.2, 0) is 34.6 Å².